The quantitative estimate of drug-likeness (QED) is 0.0844. The van der Waals surface area contributed by atoms with Gasteiger partial charge in [-0.15, -0.1) is 0 Å². The molecule has 16 nitrogen and oxygen atoms in total. The maximum Gasteiger partial charge on any atom is 0.303 e. The van der Waals surface area contributed by atoms with Crippen molar-refractivity contribution < 1.29 is 28.6 Å². The van der Waals surface area contributed by atoms with E-state index in [-0.39, 0.29) is 17.6 Å². The summed E-state index contributed by atoms with van der Waals surface area (Å²) in [6.45, 7) is 2.86. The van der Waals surface area contributed by atoms with Gasteiger partial charge in [0, 0.05) is 20.8 Å². The molecule has 2 aromatic carbocycles. The third-order valence-corrected chi connectivity index (χ3v) is 5.57. The van der Waals surface area contributed by atoms with Crippen molar-refractivity contribution in [3.8, 4) is 0 Å². The molecule has 0 bridgehead atoms. The number of ether oxygens (including phenoxy) is 3. The van der Waals surface area contributed by atoms with Crippen LogP contribution in [0.5, 0.6) is 0 Å². The van der Waals surface area contributed by atoms with E-state index in [0.29, 0.717) is 21.8 Å². The Morgan fingerprint density at radius 2 is 1.35 bits per heavy atom. The Labute approximate surface area is 242 Å². The van der Waals surface area contributed by atoms with Gasteiger partial charge in [0.05, 0.1) is 28.0 Å². The predicted molar refractivity (Wildman–Crippen MR) is 156 cm³/mol. The lowest BCUT2D eigenvalue weighted by atomic mass is 10.1. The van der Waals surface area contributed by atoms with E-state index in [2.05, 4.69) is 41.0 Å². The predicted octanol–water partition coefficient (Wildman–Crippen LogP) is 1.45. The van der Waals surface area contributed by atoms with E-state index >= 15 is 0 Å². The van der Waals surface area contributed by atoms with Crippen molar-refractivity contribution in [1.82, 2.24) is 19.9 Å². The fraction of sp³-hybridized carbons (Fsp3) is 0.222. The third kappa shape index (κ3) is 8.06. The molecule has 4 N–H and O–H groups in total. The Bertz CT molecular complexity index is 1850. The number of fused-ring (bicyclic) bond motifs is 2. The summed E-state index contributed by atoms with van der Waals surface area (Å²) in [6, 6.07) is 13.3. The van der Waals surface area contributed by atoms with Crippen molar-refractivity contribution in [1.29, 1.82) is 0 Å². The zero-order valence-corrected chi connectivity index (χ0v) is 23.1. The van der Waals surface area contributed by atoms with Crippen molar-refractivity contribution in [3.63, 3.8) is 0 Å². The average molecular weight is 591 g/mol. The minimum Gasteiger partial charge on any atom is -0.462 e. The second kappa shape index (κ2) is 13.6. The molecule has 2 aromatic heterocycles. The summed E-state index contributed by atoms with van der Waals surface area (Å²) in [5.74, 6) is -2.34. The van der Waals surface area contributed by atoms with Crippen LogP contribution in [0, 0.1) is 0 Å². The van der Waals surface area contributed by atoms with Crippen LogP contribution in [0.1, 0.15) is 20.8 Å². The van der Waals surface area contributed by atoms with Crippen molar-refractivity contribution in [2.75, 3.05) is 17.5 Å². The van der Waals surface area contributed by atoms with Crippen LogP contribution < -0.4 is 22.0 Å². The molecule has 222 valence electrons. The molecular weight excluding hydrogens is 564 g/mol. The van der Waals surface area contributed by atoms with Gasteiger partial charge in [0.15, 0.2) is 12.2 Å². The molecule has 2 atom stereocenters. The number of hydrazone groups is 2. The first kappa shape index (κ1) is 30.0. The van der Waals surface area contributed by atoms with Gasteiger partial charge in [-0.05, 0) is 24.3 Å². The lowest BCUT2D eigenvalue weighted by Crippen LogP contribution is -2.44. The van der Waals surface area contributed by atoms with Crippen LogP contribution in [0.2, 0.25) is 0 Å². The van der Waals surface area contributed by atoms with E-state index in [9.17, 15) is 24.0 Å². The summed E-state index contributed by atoms with van der Waals surface area (Å²) in [5, 5.41) is 8.94. The standard InChI is InChI=1S/C27H26N8O8/c1-14(36)41-13-22(42-15(2)37)23(43-16(3)38)21(33-35-27-30-20-11-7-5-9-18(20)25(40)32-27)12-28-34-26-29-19-10-6-4-8-17(19)24(39)31-26/h4-12,22-23H,13H2,1-3H3,(H2,29,31,34,39)(H2,30,32,35,40)/b28-12-,33-21-. The molecule has 0 aliphatic heterocycles. The Morgan fingerprint density at radius 1 is 0.814 bits per heavy atom. The number of H-pyrrole nitrogens is 2. The number of aromatic nitrogens is 4. The summed E-state index contributed by atoms with van der Waals surface area (Å²) in [7, 11) is 0. The normalized spacial score (nSPS) is 13.0. The summed E-state index contributed by atoms with van der Waals surface area (Å²) in [4.78, 5) is 74.1. The molecule has 0 aliphatic carbocycles. The lowest BCUT2D eigenvalue weighted by Gasteiger charge is -2.25. The fourth-order valence-electron chi connectivity index (χ4n) is 3.82. The molecule has 4 rings (SSSR count). The van der Waals surface area contributed by atoms with Gasteiger partial charge in [0.25, 0.3) is 11.1 Å². The van der Waals surface area contributed by atoms with Gasteiger partial charge in [-0.2, -0.15) is 10.2 Å². The molecular formula is C27H26N8O8. The van der Waals surface area contributed by atoms with Gasteiger partial charge in [-0.3, -0.25) is 33.9 Å². The number of esters is 3. The molecule has 4 aromatic rings. The zero-order chi connectivity index (χ0) is 30.9. The van der Waals surface area contributed by atoms with Crippen LogP contribution in [0.25, 0.3) is 21.8 Å². The average Bonchev–Trinajstić information content (AvgIpc) is 2.96. The van der Waals surface area contributed by atoms with Crippen LogP contribution in [0.15, 0.2) is 68.3 Å². The van der Waals surface area contributed by atoms with E-state index in [4.69, 9.17) is 14.2 Å². The number of hydrogen-bond donors (Lipinski definition) is 4. The molecule has 16 heteroatoms. The highest BCUT2D eigenvalue weighted by atomic mass is 16.6. The van der Waals surface area contributed by atoms with Gasteiger partial charge in [0.2, 0.25) is 11.9 Å². The summed E-state index contributed by atoms with van der Waals surface area (Å²) >= 11 is 0. The van der Waals surface area contributed by atoms with Crippen molar-refractivity contribution in [3.05, 3.63) is 69.2 Å². The summed E-state index contributed by atoms with van der Waals surface area (Å²) in [6.07, 6.45) is -1.76. The highest BCUT2D eigenvalue weighted by Gasteiger charge is 2.33. The van der Waals surface area contributed by atoms with Crippen molar-refractivity contribution >= 4 is 63.5 Å². The number of para-hydroxylation sites is 2. The highest BCUT2D eigenvalue weighted by molar-refractivity contribution is 6.33. The minimum absolute atomic E-state index is 0.0201. The van der Waals surface area contributed by atoms with Crippen LogP contribution in [0.3, 0.4) is 0 Å². The Kier molecular flexibility index (Phi) is 9.52. The lowest BCUT2D eigenvalue weighted by molar-refractivity contribution is -0.167. The van der Waals surface area contributed by atoms with E-state index in [1.165, 1.54) is 0 Å². The number of carbonyl (C=O) groups excluding carboxylic acids is 3. The largest absolute Gasteiger partial charge is 0.462 e. The number of rotatable bonds is 11. The zero-order valence-electron chi connectivity index (χ0n) is 23.1. The minimum atomic E-state index is -1.48. The van der Waals surface area contributed by atoms with Crippen molar-refractivity contribution in [2.45, 2.75) is 33.0 Å². The topological polar surface area (TPSA) is 219 Å². The maximum atomic E-state index is 12.5. The van der Waals surface area contributed by atoms with Gasteiger partial charge < -0.3 is 14.2 Å². The van der Waals surface area contributed by atoms with E-state index in [0.717, 1.165) is 27.0 Å². The molecule has 0 saturated heterocycles. The molecule has 43 heavy (non-hydrogen) atoms. The number of nitrogens with one attached hydrogen (secondary N) is 4. The third-order valence-electron chi connectivity index (χ3n) is 5.57. The second-order valence-corrected chi connectivity index (χ2v) is 8.86. The molecule has 0 radical (unpaired) electrons. The van der Waals surface area contributed by atoms with Gasteiger partial charge in [-0.1, -0.05) is 24.3 Å². The molecule has 2 unspecified atom stereocenters. The van der Waals surface area contributed by atoms with Gasteiger partial charge in [0.1, 0.15) is 12.3 Å². The Hall–Kier alpha value is -5.93. The van der Waals surface area contributed by atoms with E-state index < -0.39 is 47.8 Å². The van der Waals surface area contributed by atoms with Crippen LogP contribution in [-0.2, 0) is 28.6 Å². The molecule has 0 amide bonds. The van der Waals surface area contributed by atoms with E-state index in [1.807, 2.05) is 0 Å². The van der Waals surface area contributed by atoms with Crippen LogP contribution >= 0.6 is 0 Å². The molecule has 2 heterocycles. The van der Waals surface area contributed by atoms with Crippen LogP contribution in [-0.4, -0.2) is 68.6 Å². The number of benzene rings is 2. The number of aromatic amines is 2. The number of carbonyl (C=O) groups is 3. The number of hydrogen-bond acceptors (Lipinski definition) is 14. The number of anilines is 2. The molecule has 0 aliphatic rings. The van der Waals surface area contributed by atoms with Gasteiger partial charge >= 0.3 is 17.9 Å². The van der Waals surface area contributed by atoms with Crippen LogP contribution in [0.4, 0.5) is 11.9 Å². The SMILES string of the molecule is CC(=O)OCC(OC(C)=O)C(OC(C)=O)C(/C=N\Nc1nc2ccccc2c(=O)[nH]1)=N\Nc1nc2ccccc2c(=O)[nH]1. The number of nitrogens with zero attached hydrogens (tertiary/aromatic N) is 4. The van der Waals surface area contributed by atoms with Crippen molar-refractivity contribution in [2.24, 2.45) is 10.2 Å². The first-order valence-corrected chi connectivity index (χ1v) is 12.7. The monoisotopic (exact) mass is 590 g/mol. The highest BCUT2D eigenvalue weighted by Crippen LogP contribution is 2.12. The maximum absolute atomic E-state index is 12.5. The van der Waals surface area contributed by atoms with Gasteiger partial charge in [-0.25, -0.2) is 20.8 Å². The second-order valence-electron chi connectivity index (χ2n) is 8.86. The first-order valence-electron chi connectivity index (χ1n) is 12.7. The molecule has 0 spiro atoms. The Balaban J connectivity index is 1.73. The Morgan fingerprint density at radius 3 is 1.88 bits per heavy atom. The smallest absolute Gasteiger partial charge is 0.303 e. The van der Waals surface area contributed by atoms with E-state index in [1.54, 1.807) is 48.5 Å². The fourth-order valence-corrected chi connectivity index (χ4v) is 3.82. The molecule has 0 fully saturated rings. The first-order chi connectivity index (χ1) is 20.6. The summed E-state index contributed by atoms with van der Waals surface area (Å²) in [5.41, 5.74) is 4.87. The molecule has 0 saturated carbocycles. The summed E-state index contributed by atoms with van der Waals surface area (Å²) < 4.78 is 15.7.